The lowest BCUT2D eigenvalue weighted by Crippen LogP contribution is -2.60. The lowest BCUT2D eigenvalue weighted by Gasteiger charge is -2.42. The van der Waals surface area contributed by atoms with Crippen LogP contribution in [0.4, 0.5) is 0 Å². The molecule has 0 amide bonds. The SMILES string of the molecule is C/C=C1\C(OC2OC(CO)C(O)C(O)C2O)OC=C(C(=O)OC)C1CC(=O)OCC1OC(Oc2c(OC)cc(/C=C/CO)cc2OC)C(O)C(O)C1O. The van der Waals surface area contributed by atoms with E-state index in [0.29, 0.717) is 5.56 Å². The van der Waals surface area contributed by atoms with E-state index >= 15 is 0 Å². The number of rotatable bonds is 14. The van der Waals surface area contributed by atoms with Gasteiger partial charge in [0.15, 0.2) is 17.8 Å². The largest absolute Gasteiger partial charge is 0.493 e. The van der Waals surface area contributed by atoms with Crippen molar-refractivity contribution in [1.29, 1.82) is 0 Å². The van der Waals surface area contributed by atoms with Gasteiger partial charge in [-0.25, -0.2) is 4.79 Å². The van der Waals surface area contributed by atoms with Crippen LogP contribution in [0.1, 0.15) is 18.9 Å². The molecule has 53 heavy (non-hydrogen) atoms. The summed E-state index contributed by atoms with van der Waals surface area (Å²) in [4.78, 5) is 26.0. The number of allylic oxidation sites excluding steroid dienone is 1. The van der Waals surface area contributed by atoms with E-state index in [4.69, 9.17) is 47.7 Å². The highest BCUT2D eigenvalue weighted by molar-refractivity contribution is 5.90. The van der Waals surface area contributed by atoms with E-state index in [-0.39, 0.29) is 35.0 Å². The summed E-state index contributed by atoms with van der Waals surface area (Å²) in [5.41, 5.74) is 0.629. The van der Waals surface area contributed by atoms with Crippen molar-refractivity contribution in [3.63, 3.8) is 0 Å². The smallest absolute Gasteiger partial charge is 0.337 e. The van der Waals surface area contributed by atoms with Gasteiger partial charge in [0.25, 0.3) is 0 Å². The number of carbonyl (C=O) groups is 2. The second-order valence-electron chi connectivity index (χ2n) is 12.1. The highest BCUT2D eigenvalue weighted by atomic mass is 16.8. The number of esters is 2. The first-order valence-electron chi connectivity index (χ1n) is 16.4. The zero-order valence-electron chi connectivity index (χ0n) is 29.3. The monoisotopic (exact) mass is 758 g/mol. The van der Waals surface area contributed by atoms with Crippen LogP contribution in [-0.2, 0) is 38.0 Å². The molecule has 19 nitrogen and oxygen atoms in total. The predicted octanol–water partition coefficient (Wildman–Crippen LogP) is -2.38. The zero-order valence-corrected chi connectivity index (χ0v) is 29.3. The fourth-order valence-electron chi connectivity index (χ4n) is 5.89. The lowest BCUT2D eigenvalue weighted by molar-refractivity contribution is -0.327. The van der Waals surface area contributed by atoms with Gasteiger partial charge < -0.3 is 83.5 Å². The second-order valence-corrected chi connectivity index (χ2v) is 12.1. The van der Waals surface area contributed by atoms with Crippen LogP contribution in [0, 0.1) is 5.92 Å². The summed E-state index contributed by atoms with van der Waals surface area (Å²) < 4.78 is 49.4. The molecule has 19 heteroatoms. The number of aliphatic hydroxyl groups excluding tert-OH is 8. The Kier molecular flexibility index (Phi) is 15.0. The van der Waals surface area contributed by atoms with Crippen LogP contribution >= 0.6 is 0 Å². The molecule has 0 spiro atoms. The van der Waals surface area contributed by atoms with Crippen LogP contribution in [0.3, 0.4) is 0 Å². The molecular formula is C34H46O19. The Hall–Kier alpha value is -3.86. The molecule has 2 fully saturated rings. The van der Waals surface area contributed by atoms with E-state index < -0.39 is 105 Å². The van der Waals surface area contributed by atoms with Crippen LogP contribution in [0.2, 0.25) is 0 Å². The number of hydrogen-bond donors (Lipinski definition) is 8. The Balaban J connectivity index is 1.48. The molecule has 3 aliphatic rings. The molecule has 1 aromatic rings. The molecule has 0 aliphatic carbocycles. The average molecular weight is 759 g/mol. The summed E-state index contributed by atoms with van der Waals surface area (Å²) in [7, 11) is 3.81. The molecule has 0 bridgehead atoms. The van der Waals surface area contributed by atoms with Crippen molar-refractivity contribution in [2.24, 2.45) is 5.92 Å². The number of methoxy groups -OCH3 is 3. The van der Waals surface area contributed by atoms with Crippen molar-refractivity contribution < 1.29 is 93.1 Å². The van der Waals surface area contributed by atoms with E-state index in [9.17, 15) is 45.3 Å². The Labute approximate surface area is 303 Å². The minimum atomic E-state index is -1.82. The quantitative estimate of drug-likeness (QED) is 0.0727. The van der Waals surface area contributed by atoms with Gasteiger partial charge in [0.2, 0.25) is 18.3 Å². The summed E-state index contributed by atoms with van der Waals surface area (Å²) in [6.07, 6.45) is -12.9. The number of aliphatic hydroxyl groups is 8. The van der Waals surface area contributed by atoms with Crippen molar-refractivity contribution >= 4 is 18.0 Å². The number of ether oxygens (including phenoxy) is 9. The van der Waals surface area contributed by atoms with Crippen LogP contribution in [0.25, 0.3) is 6.08 Å². The van der Waals surface area contributed by atoms with Gasteiger partial charge in [0, 0.05) is 11.5 Å². The van der Waals surface area contributed by atoms with Gasteiger partial charge in [-0.1, -0.05) is 18.2 Å². The molecule has 4 rings (SSSR count). The zero-order chi connectivity index (χ0) is 39.0. The highest BCUT2D eigenvalue weighted by Gasteiger charge is 2.48. The summed E-state index contributed by atoms with van der Waals surface area (Å²) in [6, 6.07) is 3.10. The van der Waals surface area contributed by atoms with Gasteiger partial charge in [-0.2, -0.15) is 0 Å². The van der Waals surface area contributed by atoms with Gasteiger partial charge in [-0.3, -0.25) is 4.79 Å². The fraction of sp³-hybridized carbons (Fsp3) is 0.588. The summed E-state index contributed by atoms with van der Waals surface area (Å²) in [5, 5.41) is 81.5. The van der Waals surface area contributed by atoms with Gasteiger partial charge in [-0.15, -0.1) is 0 Å². The van der Waals surface area contributed by atoms with Crippen molar-refractivity contribution in [3.05, 3.63) is 47.3 Å². The molecule has 296 valence electrons. The topological polar surface area (TPSA) is 279 Å². The maximum Gasteiger partial charge on any atom is 0.337 e. The number of carbonyl (C=O) groups excluding carboxylic acids is 2. The number of hydrogen-bond acceptors (Lipinski definition) is 19. The van der Waals surface area contributed by atoms with Crippen molar-refractivity contribution in [2.45, 2.75) is 81.0 Å². The fourth-order valence-corrected chi connectivity index (χ4v) is 5.89. The first-order valence-corrected chi connectivity index (χ1v) is 16.4. The average Bonchev–Trinajstić information content (AvgIpc) is 3.16. The molecular weight excluding hydrogens is 712 g/mol. The van der Waals surface area contributed by atoms with Crippen molar-refractivity contribution in [2.75, 3.05) is 41.2 Å². The van der Waals surface area contributed by atoms with Crippen LogP contribution < -0.4 is 14.2 Å². The molecule has 12 atom stereocenters. The first kappa shape index (κ1) is 41.9. The van der Waals surface area contributed by atoms with Crippen molar-refractivity contribution in [3.8, 4) is 17.2 Å². The maximum absolute atomic E-state index is 13.3. The predicted molar refractivity (Wildman–Crippen MR) is 176 cm³/mol. The third-order valence-corrected chi connectivity index (χ3v) is 8.81. The molecule has 0 radical (unpaired) electrons. The Morgan fingerprint density at radius 3 is 2.00 bits per heavy atom. The molecule has 12 unspecified atom stereocenters. The van der Waals surface area contributed by atoms with Crippen molar-refractivity contribution in [1.82, 2.24) is 0 Å². The van der Waals surface area contributed by atoms with Gasteiger partial charge in [0.05, 0.1) is 52.8 Å². The molecule has 8 N–H and O–H groups in total. The third-order valence-electron chi connectivity index (χ3n) is 8.81. The third kappa shape index (κ3) is 9.45. The molecule has 3 heterocycles. The van der Waals surface area contributed by atoms with Gasteiger partial charge in [-0.05, 0) is 24.6 Å². The van der Waals surface area contributed by atoms with Gasteiger partial charge >= 0.3 is 11.9 Å². The lowest BCUT2D eigenvalue weighted by atomic mass is 9.86. The summed E-state index contributed by atoms with van der Waals surface area (Å²) in [6.45, 7) is -0.0375. The van der Waals surface area contributed by atoms with Crippen LogP contribution in [0.5, 0.6) is 17.2 Å². The molecule has 0 saturated carbocycles. The number of benzene rings is 1. The van der Waals surface area contributed by atoms with E-state index in [1.54, 1.807) is 25.1 Å². The Morgan fingerprint density at radius 1 is 0.830 bits per heavy atom. The van der Waals surface area contributed by atoms with Gasteiger partial charge in [0.1, 0.15) is 55.4 Å². The minimum Gasteiger partial charge on any atom is -0.493 e. The van der Waals surface area contributed by atoms with Crippen LogP contribution in [0.15, 0.2) is 41.7 Å². The summed E-state index contributed by atoms with van der Waals surface area (Å²) >= 11 is 0. The van der Waals surface area contributed by atoms with E-state index in [1.807, 2.05) is 0 Å². The van der Waals surface area contributed by atoms with Crippen LogP contribution in [-0.4, -0.2) is 162 Å². The Morgan fingerprint density at radius 2 is 1.43 bits per heavy atom. The highest BCUT2D eigenvalue weighted by Crippen LogP contribution is 2.41. The van der Waals surface area contributed by atoms with E-state index in [2.05, 4.69) is 0 Å². The first-order chi connectivity index (χ1) is 25.3. The second kappa shape index (κ2) is 18.9. The molecule has 1 aromatic carbocycles. The Bertz CT molecular complexity index is 1470. The maximum atomic E-state index is 13.3. The van der Waals surface area contributed by atoms with E-state index in [0.717, 1.165) is 13.4 Å². The molecule has 3 aliphatic heterocycles. The summed E-state index contributed by atoms with van der Waals surface area (Å²) in [5.74, 6) is -2.64. The molecule has 2 saturated heterocycles. The minimum absolute atomic E-state index is 0.0273. The normalized spacial score (nSPS) is 33.9. The van der Waals surface area contributed by atoms with E-state index in [1.165, 1.54) is 26.4 Å². The standard InChI is InChI=1S/C34H46O19/c1-5-16-17(18(31(44)47-4)13-49-32(16)53-34-29(43)26(40)24(38)21(12-36)50-34)11-23(37)48-14-22-25(39)27(41)28(42)33(51-22)52-30-19(45-2)9-15(7-6-8-35)10-20(30)46-3/h5-7,9-10,13,17,21-22,24-29,32-36,38-43H,8,11-12,14H2,1-4H3/b7-6+,16-5-. The molecule has 0 aromatic heterocycles.